The molecule has 0 saturated heterocycles. The number of nitrogens with zero attached hydrogens (tertiary/aromatic N) is 2. The lowest BCUT2D eigenvalue weighted by molar-refractivity contribution is -0.149. The first kappa shape index (κ1) is 22.7. The third-order valence-corrected chi connectivity index (χ3v) is 7.85. The molecule has 0 aromatic carbocycles. The van der Waals surface area contributed by atoms with Crippen LogP contribution in [0.2, 0.25) is 0 Å². The zero-order valence-electron chi connectivity index (χ0n) is 16.7. The lowest BCUT2D eigenvalue weighted by Crippen LogP contribution is -2.59. The van der Waals surface area contributed by atoms with Gasteiger partial charge in [-0.1, -0.05) is 57.5 Å². The van der Waals surface area contributed by atoms with Gasteiger partial charge < -0.3 is 14.6 Å². The Balaban J connectivity index is 2.65. The SMILES string of the molecule is CCCCC1(C(=O)O)C=CC(F)C(C)(C)C1(Cl)Sc1nc(OC)cc(OC)n1. The summed E-state index contributed by atoms with van der Waals surface area (Å²) in [7, 11) is 2.89. The summed E-state index contributed by atoms with van der Waals surface area (Å²) in [6, 6.07) is 1.50. The van der Waals surface area contributed by atoms with Crippen molar-refractivity contribution >= 4 is 29.3 Å². The lowest BCUT2D eigenvalue weighted by atomic mass is 9.63. The van der Waals surface area contributed by atoms with Crippen LogP contribution in [0.5, 0.6) is 11.8 Å². The van der Waals surface area contributed by atoms with Crippen LogP contribution >= 0.6 is 23.4 Å². The van der Waals surface area contributed by atoms with Gasteiger partial charge in [-0.25, -0.2) is 4.39 Å². The molecule has 0 bridgehead atoms. The van der Waals surface area contributed by atoms with E-state index in [4.69, 9.17) is 21.1 Å². The molecule has 3 unspecified atom stereocenters. The van der Waals surface area contributed by atoms with Crippen molar-refractivity contribution in [2.75, 3.05) is 14.2 Å². The van der Waals surface area contributed by atoms with Crippen LogP contribution in [0.15, 0.2) is 23.4 Å². The Bertz CT molecular complexity index is 741. The molecule has 9 heteroatoms. The van der Waals surface area contributed by atoms with Crippen LogP contribution in [0.25, 0.3) is 0 Å². The summed E-state index contributed by atoms with van der Waals surface area (Å²) in [5.74, 6) is -0.621. The fourth-order valence-electron chi connectivity index (χ4n) is 3.35. The average Bonchev–Trinajstić information content (AvgIpc) is 2.65. The highest BCUT2D eigenvalue weighted by Gasteiger charge is 2.66. The van der Waals surface area contributed by atoms with E-state index >= 15 is 0 Å². The number of hydrogen-bond acceptors (Lipinski definition) is 6. The van der Waals surface area contributed by atoms with Gasteiger partial charge in [0.1, 0.15) is 15.8 Å². The number of aromatic nitrogens is 2. The first-order chi connectivity index (χ1) is 13.1. The zero-order valence-corrected chi connectivity index (χ0v) is 18.2. The van der Waals surface area contributed by atoms with Crippen LogP contribution in [-0.4, -0.2) is 45.6 Å². The molecule has 0 spiro atoms. The number of halogens is 2. The van der Waals surface area contributed by atoms with E-state index in [1.54, 1.807) is 13.8 Å². The molecule has 0 aliphatic heterocycles. The zero-order chi connectivity index (χ0) is 21.2. The van der Waals surface area contributed by atoms with Gasteiger partial charge in [0.25, 0.3) is 0 Å². The number of carboxylic acid groups (broad SMARTS) is 1. The Hall–Kier alpha value is -1.54. The first-order valence-electron chi connectivity index (χ1n) is 8.99. The third kappa shape index (κ3) is 3.68. The van der Waals surface area contributed by atoms with Gasteiger partial charge in [-0.05, 0) is 6.42 Å². The maximum absolute atomic E-state index is 14.9. The summed E-state index contributed by atoms with van der Waals surface area (Å²) < 4.78 is 23.7. The molecule has 0 saturated carbocycles. The number of methoxy groups -OCH3 is 2. The van der Waals surface area contributed by atoms with E-state index in [-0.39, 0.29) is 23.3 Å². The molecular weight excluding hydrogens is 407 g/mol. The van der Waals surface area contributed by atoms with E-state index in [2.05, 4.69) is 9.97 Å². The monoisotopic (exact) mass is 432 g/mol. The van der Waals surface area contributed by atoms with Gasteiger partial charge in [0.15, 0.2) is 5.16 Å². The molecule has 1 aliphatic carbocycles. The van der Waals surface area contributed by atoms with Gasteiger partial charge in [-0.3, -0.25) is 4.79 Å². The molecule has 156 valence electrons. The second-order valence-electron chi connectivity index (χ2n) is 7.30. The number of rotatable bonds is 8. The fraction of sp³-hybridized carbons (Fsp3) is 0.632. The van der Waals surface area contributed by atoms with E-state index < -0.39 is 27.2 Å². The molecule has 1 N–H and O–H groups in total. The minimum atomic E-state index is -1.59. The smallest absolute Gasteiger partial charge is 0.316 e. The second kappa shape index (κ2) is 8.45. The molecule has 1 aromatic rings. The number of unbranched alkanes of at least 4 members (excludes halogenated alkanes) is 1. The van der Waals surface area contributed by atoms with Gasteiger partial charge in [0, 0.05) is 5.41 Å². The molecule has 0 amide bonds. The molecule has 1 aromatic heterocycles. The quantitative estimate of drug-likeness (QED) is 0.361. The Labute approximate surface area is 173 Å². The maximum atomic E-state index is 14.9. The highest BCUT2D eigenvalue weighted by molar-refractivity contribution is 8.01. The lowest BCUT2D eigenvalue weighted by Gasteiger charge is -2.53. The van der Waals surface area contributed by atoms with Crippen LogP contribution in [0, 0.1) is 10.8 Å². The number of alkyl halides is 2. The van der Waals surface area contributed by atoms with Crippen molar-refractivity contribution in [3.05, 3.63) is 18.2 Å². The number of ether oxygens (including phenoxy) is 2. The van der Waals surface area contributed by atoms with E-state index in [1.165, 1.54) is 32.4 Å². The van der Waals surface area contributed by atoms with Gasteiger partial charge in [-0.2, -0.15) is 9.97 Å². The maximum Gasteiger partial charge on any atom is 0.316 e. The van der Waals surface area contributed by atoms with E-state index in [1.807, 2.05) is 6.92 Å². The van der Waals surface area contributed by atoms with Crippen LogP contribution in [0.4, 0.5) is 4.39 Å². The van der Waals surface area contributed by atoms with Gasteiger partial charge in [0.05, 0.1) is 20.3 Å². The average molecular weight is 433 g/mol. The van der Waals surface area contributed by atoms with Crippen molar-refractivity contribution in [2.24, 2.45) is 10.8 Å². The fourth-order valence-corrected chi connectivity index (χ4v) is 5.24. The van der Waals surface area contributed by atoms with Crippen LogP contribution in [0.3, 0.4) is 0 Å². The summed E-state index contributed by atoms with van der Waals surface area (Å²) in [5, 5.41) is 10.3. The van der Waals surface area contributed by atoms with Crippen molar-refractivity contribution in [3.63, 3.8) is 0 Å². The van der Waals surface area contributed by atoms with Crippen molar-refractivity contribution in [3.8, 4) is 11.8 Å². The molecule has 2 rings (SSSR count). The molecular formula is C19H26ClFN2O4S. The molecule has 28 heavy (non-hydrogen) atoms. The minimum Gasteiger partial charge on any atom is -0.481 e. The third-order valence-electron chi connectivity index (χ3n) is 5.26. The highest BCUT2D eigenvalue weighted by atomic mass is 35.5. The van der Waals surface area contributed by atoms with Gasteiger partial charge >= 0.3 is 5.97 Å². The first-order valence-corrected chi connectivity index (χ1v) is 10.2. The van der Waals surface area contributed by atoms with Crippen LogP contribution < -0.4 is 9.47 Å². The van der Waals surface area contributed by atoms with Crippen molar-refractivity contribution in [1.82, 2.24) is 9.97 Å². The molecule has 0 fully saturated rings. The Morgan fingerprint density at radius 1 is 1.32 bits per heavy atom. The Kier molecular flexibility index (Phi) is 6.86. The van der Waals surface area contributed by atoms with Crippen LogP contribution in [-0.2, 0) is 4.79 Å². The number of carboxylic acids is 1. The second-order valence-corrected chi connectivity index (χ2v) is 9.27. The molecule has 3 atom stereocenters. The standard InChI is InChI=1S/C19H26ClFN2O4S/c1-6-7-9-18(15(24)25)10-8-12(21)17(2,3)19(18,20)28-16-22-13(26-4)11-14(23-16)27-5/h8,10-12H,6-7,9H2,1-5H3,(H,24,25). The Morgan fingerprint density at radius 2 is 1.89 bits per heavy atom. The molecule has 1 aliphatic rings. The van der Waals surface area contributed by atoms with Gasteiger partial charge in [0.2, 0.25) is 11.8 Å². The van der Waals surface area contributed by atoms with E-state index in [0.717, 1.165) is 18.2 Å². The molecule has 0 radical (unpaired) electrons. The number of carbonyl (C=O) groups is 1. The summed E-state index contributed by atoms with van der Waals surface area (Å²) in [6.07, 6.45) is 2.95. The van der Waals surface area contributed by atoms with Crippen molar-refractivity contribution in [1.29, 1.82) is 0 Å². The summed E-state index contributed by atoms with van der Waals surface area (Å²) in [4.78, 5) is 21.0. The Morgan fingerprint density at radius 3 is 2.36 bits per heavy atom. The van der Waals surface area contributed by atoms with Gasteiger partial charge in [-0.15, -0.1) is 11.6 Å². The van der Waals surface area contributed by atoms with E-state index in [0.29, 0.717) is 6.42 Å². The topological polar surface area (TPSA) is 81.5 Å². The van der Waals surface area contributed by atoms with Crippen molar-refractivity contribution in [2.45, 2.75) is 55.6 Å². The van der Waals surface area contributed by atoms with Crippen LogP contribution in [0.1, 0.15) is 40.0 Å². The largest absolute Gasteiger partial charge is 0.481 e. The molecule has 1 heterocycles. The molecule has 6 nitrogen and oxygen atoms in total. The number of hydrogen-bond donors (Lipinski definition) is 1. The highest BCUT2D eigenvalue weighted by Crippen LogP contribution is 2.64. The summed E-state index contributed by atoms with van der Waals surface area (Å²) in [6.45, 7) is 5.22. The predicted molar refractivity (Wildman–Crippen MR) is 107 cm³/mol. The summed E-state index contributed by atoms with van der Waals surface area (Å²) in [5.41, 5.74) is -2.72. The predicted octanol–water partition coefficient (Wildman–Crippen LogP) is 4.72. The number of allylic oxidation sites excluding steroid dienone is 1. The number of aliphatic carboxylic acids is 1. The minimum absolute atomic E-state index is 0.156. The number of thioether (sulfide) groups is 1. The van der Waals surface area contributed by atoms with E-state index in [9.17, 15) is 14.3 Å². The van der Waals surface area contributed by atoms with Crippen molar-refractivity contribution < 1.29 is 23.8 Å². The summed E-state index contributed by atoms with van der Waals surface area (Å²) >= 11 is 8.00. The normalized spacial score (nSPS) is 28.8.